The quantitative estimate of drug-likeness (QED) is 0.717. The van der Waals surface area contributed by atoms with Crippen LogP contribution in [-0.2, 0) is 13.0 Å². The molecule has 0 atom stereocenters. The number of para-hydroxylation sites is 1. The lowest BCUT2D eigenvalue weighted by molar-refractivity contribution is 0.102. The molecule has 0 aliphatic rings. The number of hydrogen-bond acceptors (Lipinski definition) is 2. The number of anilines is 1. The lowest BCUT2D eigenvalue weighted by Gasteiger charge is -2.19. The van der Waals surface area contributed by atoms with E-state index < -0.39 is 0 Å². The SMILES string of the molecule is CCCCCCn1c(C)cc(=O)c(C(=O)Nc2ccccc2)c1CC. The molecule has 1 N–H and O–H groups in total. The van der Waals surface area contributed by atoms with Gasteiger partial charge in [0.25, 0.3) is 5.91 Å². The van der Waals surface area contributed by atoms with Crippen molar-refractivity contribution >= 4 is 11.6 Å². The second-order valence-electron chi connectivity index (χ2n) is 6.36. The van der Waals surface area contributed by atoms with Crippen molar-refractivity contribution in [2.75, 3.05) is 5.32 Å². The lowest BCUT2D eigenvalue weighted by atomic mass is 10.1. The molecule has 2 aromatic rings. The molecule has 2 rings (SSSR count). The summed E-state index contributed by atoms with van der Waals surface area (Å²) in [7, 11) is 0. The Hall–Kier alpha value is -2.36. The van der Waals surface area contributed by atoms with Crippen LogP contribution in [0.25, 0.3) is 0 Å². The third-order valence-electron chi connectivity index (χ3n) is 4.46. The van der Waals surface area contributed by atoms with E-state index in [0.717, 1.165) is 30.8 Å². The summed E-state index contributed by atoms with van der Waals surface area (Å²) in [5.41, 5.74) is 2.52. The zero-order valence-corrected chi connectivity index (χ0v) is 15.5. The maximum absolute atomic E-state index is 12.7. The van der Waals surface area contributed by atoms with Crippen molar-refractivity contribution in [2.45, 2.75) is 59.4 Å². The molecule has 0 fully saturated rings. The molecule has 4 heteroatoms. The first-order valence-corrected chi connectivity index (χ1v) is 9.18. The number of amides is 1. The fourth-order valence-electron chi connectivity index (χ4n) is 3.16. The molecule has 1 aromatic heterocycles. The summed E-state index contributed by atoms with van der Waals surface area (Å²) in [6, 6.07) is 10.8. The molecule has 0 aliphatic heterocycles. The summed E-state index contributed by atoms with van der Waals surface area (Å²) < 4.78 is 2.14. The van der Waals surface area contributed by atoms with E-state index in [9.17, 15) is 9.59 Å². The van der Waals surface area contributed by atoms with Gasteiger partial charge in [-0.3, -0.25) is 9.59 Å². The predicted octanol–water partition coefficient (Wildman–Crippen LogP) is 4.55. The van der Waals surface area contributed by atoms with Gasteiger partial charge in [-0.1, -0.05) is 51.3 Å². The van der Waals surface area contributed by atoms with E-state index in [1.807, 2.05) is 44.2 Å². The van der Waals surface area contributed by atoms with Gasteiger partial charge in [0.2, 0.25) is 0 Å². The molecule has 134 valence electrons. The number of nitrogens with one attached hydrogen (secondary N) is 1. The first-order chi connectivity index (χ1) is 12.1. The van der Waals surface area contributed by atoms with Crippen LogP contribution >= 0.6 is 0 Å². The molecule has 0 unspecified atom stereocenters. The third kappa shape index (κ3) is 4.81. The highest BCUT2D eigenvalue weighted by Crippen LogP contribution is 2.15. The molecule has 1 amide bonds. The maximum Gasteiger partial charge on any atom is 0.261 e. The van der Waals surface area contributed by atoms with Crippen LogP contribution in [-0.4, -0.2) is 10.5 Å². The zero-order valence-electron chi connectivity index (χ0n) is 15.5. The predicted molar refractivity (Wildman–Crippen MR) is 103 cm³/mol. The van der Waals surface area contributed by atoms with Gasteiger partial charge in [0.1, 0.15) is 5.56 Å². The van der Waals surface area contributed by atoms with Gasteiger partial charge in [-0.2, -0.15) is 0 Å². The first-order valence-electron chi connectivity index (χ1n) is 9.18. The van der Waals surface area contributed by atoms with Crippen molar-refractivity contribution in [1.29, 1.82) is 0 Å². The number of aromatic nitrogens is 1. The van der Waals surface area contributed by atoms with Crippen LogP contribution in [0.4, 0.5) is 5.69 Å². The van der Waals surface area contributed by atoms with Gasteiger partial charge in [0.05, 0.1) is 0 Å². The number of pyridine rings is 1. The largest absolute Gasteiger partial charge is 0.348 e. The Labute approximate surface area is 149 Å². The van der Waals surface area contributed by atoms with Crippen molar-refractivity contribution in [3.05, 3.63) is 63.6 Å². The van der Waals surface area contributed by atoms with Gasteiger partial charge in [-0.15, -0.1) is 0 Å². The van der Waals surface area contributed by atoms with E-state index >= 15 is 0 Å². The molecule has 0 spiro atoms. The van der Waals surface area contributed by atoms with Crippen molar-refractivity contribution in [3.8, 4) is 0 Å². The monoisotopic (exact) mass is 340 g/mol. The molecule has 1 aromatic carbocycles. The topological polar surface area (TPSA) is 51.1 Å². The van der Waals surface area contributed by atoms with E-state index in [1.165, 1.54) is 12.8 Å². The lowest BCUT2D eigenvalue weighted by Crippen LogP contribution is -2.28. The zero-order chi connectivity index (χ0) is 18.2. The Kier molecular flexibility index (Phi) is 6.99. The highest BCUT2D eigenvalue weighted by Gasteiger charge is 2.19. The van der Waals surface area contributed by atoms with Crippen molar-refractivity contribution in [2.24, 2.45) is 0 Å². The number of rotatable bonds is 8. The van der Waals surface area contributed by atoms with Crippen LogP contribution in [0.15, 0.2) is 41.2 Å². The molecule has 0 saturated carbocycles. The molecule has 1 heterocycles. The Morgan fingerprint density at radius 3 is 2.44 bits per heavy atom. The minimum absolute atomic E-state index is 0.201. The number of unbranched alkanes of at least 4 members (excludes halogenated alkanes) is 3. The number of carbonyl (C=O) groups is 1. The molecule has 25 heavy (non-hydrogen) atoms. The van der Waals surface area contributed by atoms with Crippen molar-refractivity contribution in [1.82, 2.24) is 4.57 Å². The fraction of sp³-hybridized carbons (Fsp3) is 0.429. The molecular weight excluding hydrogens is 312 g/mol. The van der Waals surface area contributed by atoms with E-state index in [-0.39, 0.29) is 16.9 Å². The minimum Gasteiger partial charge on any atom is -0.348 e. The molecule has 0 bridgehead atoms. The van der Waals surface area contributed by atoms with Gasteiger partial charge in [0, 0.05) is 29.7 Å². The second-order valence-corrected chi connectivity index (χ2v) is 6.36. The normalized spacial score (nSPS) is 10.7. The van der Waals surface area contributed by atoms with Gasteiger partial charge >= 0.3 is 0 Å². The Morgan fingerprint density at radius 2 is 1.80 bits per heavy atom. The average Bonchev–Trinajstić information content (AvgIpc) is 2.60. The first kappa shape index (κ1) is 19.0. The van der Waals surface area contributed by atoms with E-state index in [0.29, 0.717) is 12.1 Å². The fourth-order valence-corrected chi connectivity index (χ4v) is 3.16. The number of benzene rings is 1. The van der Waals surface area contributed by atoms with Gasteiger partial charge in [-0.05, 0) is 31.9 Å². The summed E-state index contributed by atoms with van der Waals surface area (Å²) in [6.07, 6.45) is 5.28. The van der Waals surface area contributed by atoms with Crippen LogP contribution in [0, 0.1) is 6.92 Å². The second kappa shape index (κ2) is 9.21. The number of aryl methyl sites for hydroxylation is 1. The van der Waals surface area contributed by atoms with Crippen LogP contribution in [0.3, 0.4) is 0 Å². The Bertz CT molecular complexity index is 763. The van der Waals surface area contributed by atoms with Gasteiger partial charge in [-0.25, -0.2) is 0 Å². The van der Waals surface area contributed by atoms with Crippen molar-refractivity contribution < 1.29 is 4.79 Å². The molecule has 0 saturated heterocycles. The molecular formula is C21H28N2O2. The van der Waals surface area contributed by atoms with E-state index in [2.05, 4.69) is 16.8 Å². The Morgan fingerprint density at radius 1 is 1.08 bits per heavy atom. The summed E-state index contributed by atoms with van der Waals surface area (Å²) >= 11 is 0. The summed E-state index contributed by atoms with van der Waals surface area (Å²) in [5.74, 6) is -0.324. The van der Waals surface area contributed by atoms with Gasteiger partial charge in [0.15, 0.2) is 5.43 Å². The average molecular weight is 340 g/mol. The highest BCUT2D eigenvalue weighted by atomic mass is 16.2. The van der Waals surface area contributed by atoms with Crippen LogP contribution in [0.1, 0.15) is 61.3 Å². The maximum atomic E-state index is 12.7. The van der Waals surface area contributed by atoms with Crippen LogP contribution in [0.5, 0.6) is 0 Å². The van der Waals surface area contributed by atoms with E-state index in [4.69, 9.17) is 0 Å². The molecule has 4 nitrogen and oxygen atoms in total. The molecule has 0 radical (unpaired) electrons. The third-order valence-corrected chi connectivity index (χ3v) is 4.46. The smallest absolute Gasteiger partial charge is 0.261 e. The Balaban J connectivity index is 2.33. The van der Waals surface area contributed by atoms with E-state index in [1.54, 1.807) is 6.07 Å². The highest BCUT2D eigenvalue weighted by molar-refractivity contribution is 6.05. The summed E-state index contributed by atoms with van der Waals surface area (Å²) in [6.45, 7) is 6.98. The standard InChI is InChI=1S/C21H28N2O2/c1-4-6-7-11-14-23-16(3)15-19(24)20(18(23)5-2)21(25)22-17-12-9-8-10-13-17/h8-10,12-13,15H,4-7,11,14H2,1-3H3,(H,22,25). The van der Waals surface area contributed by atoms with Gasteiger partial charge < -0.3 is 9.88 Å². The molecule has 0 aliphatic carbocycles. The number of hydrogen-bond donors (Lipinski definition) is 1. The number of nitrogens with zero attached hydrogens (tertiary/aromatic N) is 1. The van der Waals surface area contributed by atoms with Crippen LogP contribution in [0.2, 0.25) is 0 Å². The number of carbonyl (C=O) groups excluding carboxylic acids is 1. The van der Waals surface area contributed by atoms with Crippen molar-refractivity contribution in [3.63, 3.8) is 0 Å². The van der Waals surface area contributed by atoms with Crippen LogP contribution < -0.4 is 10.7 Å². The minimum atomic E-state index is -0.324. The summed E-state index contributed by atoms with van der Waals surface area (Å²) in [4.78, 5) is 25.2. The summed E-state index contributed by atoms with van der Waals surface area (Å²) in [5, 5.41) is 2.84.